The molecule has 0 aromatic rings. The van der Waals surface area contributed by atoms with Crippen LogP contribution in [-0.2, 0) is 9.53 Å². The van der Waals surface area contributed by atoms with E-state index in [1.54, 1.807) is 18.9 Å². The summed E-state index contributed by atoms with van der Waals surface area (Å²) in [6, 6.07) is -0.465. The zero-order valence-corrected chi connectivity index (χ0v) is 13.9. The number of hydrogen-bond acceptors (Lipinski definition) is 4. The summed E-state index contributed by atoms with van der Waals surface area (Å²) in [5.41, 5.74) is 5.16. The molecule has 1 rings (SSSR count). The topological polar surface area (TPSA) is 75.9 Å². The van der Waals surface area contributed by atoms with Crippen LogP contribution in [0.2, 0.25) is 0 Å². The minimum absolute atomic E-state index is 0.0142. The van der Waals surface area contributed by atoms with E-state index in [4.69, 9.17) is 10.5 Å². The molecule has 0 saturated carbocycles. The van der Waals surface area contributed by atoms with Gasteiger partial charge in [-0.3, -0.25) is 4.79 Å². The Labute approximate surface area is 127 Å². The molecule has 1 aliphatic rings. The lowest BCUT2D eigenvalue weighted by Crippen LogP contribution is -2.49. The Morgan fingerprint density at radius 1 is 1.43 bits per heavy atom. The van der Waals surface area contributed by atoms with Gasteiger partial charge < -0.3 is 20.3 Å². The van der Waals surface area contributed by atoms with Gasteiger partial charge in [0.25, 0.3) is 0 Å². The smallest absolute Gasteiger partial charge is 0.410 e. The Morgan fingerprint density at radius 3 is 2.57 bits per heavy atom. The summed E-state index contributed by atoms with van der Waals surface area (Å²) in [5, 5.41) is 0. The summed E-state index contributed by atoms with van der Waals surface area (Å²) in [6.07, 6.45) is 1.64. The number of likely N-dealkylation sites (tertiary alicyclic amines) is 1. The Hall–Kier alpha value is -1.30. The van der Waals surface area contributed by atoms with Crippen LogP contribution >= 0.6 is 0 Å². The van der Waals surface area contributed by atoms with Crippen molar-refractivity contribution in [2.45, 2.75) is 52.2 Å². The summed E-state index contributed by atoms with van der Waals surface area (Å²) in [5.74, 6) is 0.263. The Bertz CT molecular complexity index is 377. The second-order valence-electron chi connectivity index (χ2n) is 6.94. The fraction of sp³-hybridized carbons (Fsp3) is 0.867. The first-order valence-electron chi connectivity index (χ1n) is 7.58. The minimum atomic E-state index is -0.491. The average molecular weight is 299 g/mol. The van der Waals surface area contributed by atoms with Crippen molar-refractivity contribution in [2.75, 3.05) is 26.7 Å². The number of carbonyl (C=O) groups excluding carboxylic acids is 2. The number of carbonyl (C=O) groups is 2. The van der Waals surface area contributed by atoms with E-state index < -0.39 is 11.6 Å². The van der Waals surface area contributed by atoms with Gasteiger partial charge in [0.15, 0.2) is 0 Å². The maximum Gasteiger partial charge on any atom is 0.410 e. The summed E-state index contributed by atoms with van der Waals surface area (Å²) >= 11 is 0. The number of ether oxygens (including phenoxy) is 1. The molecule has 0 bridgehead atoms. The van der Waals surface area contributed by atoms with Crippen LogP contribution in [0.5, 0.6) is 0 Å². The van der Waals surface area contributed by atoms with Crippen molar-refractivity contribution in [3.05, 3.63) is 0 Å². The molecule has 0 aliphatic carbocycles. The van der Waals surface area contributed by atoms with E-state index in [1.165, 1.54) is 0 Å². The van der Waals surface area contributed by atoms with Gasteiger partial charge in [0.2, 0.25) is 5.91 Å². The lowest BCUT2D eigenvalue weighted by molar-refractivity contribution is -0.134. The number of nitrogens with two attached hydrogens (primary N) is 1. The number of hydrogen-bond donors (Lipinski definition) is 1. The Balaban J connectivity index is 2.50. The van der Waals surface area contributed by atoms with E-state index in [1.807, 2.05) is 25.7 Å². The molecule has 1 unspecified atom stereocenters. The zero-order chi connectivity index (χ0) is 16.2. The van der Waals surface area contributed by atoms with E-state index in [-0.39, 0.29) is 17.9 Å². The molecular weight excluding hydrogens is 270 g/mol. The molecular formula is C15H29N3O3. The van der Waals surface area contributed by atoms with Gasteiger partial charge in [-0.2, -0.15) is 0 Å². The molecule has 1 fully saturated rings. The Morgan fingerprint density at radius 2 is 2.05 bits per heavy atom. The average Bonchev–Trinajstić information content (AvgIpc) is 2.36. The SMILES string of the molecule is C[C@H](N)C(=O)N1CCCC(CN(C)C(=O)OC(C)(C)C)C1. The molecule has 6 heteroatoms. The first-order chi connectivity index (χ1) is 9.60. The summed E-state index contributed by atoms with van der Waals surface area (Å²) in [6.45, 7) is 9.27. The van der Waals surface area contributed by atoms with Crippen molar-refractivity contribution in [1.82, 2.24) is 9.80 Å². The van der Waals surface area contributed by atoms with Gasteiger partial charge in [-0.1, -0.05) is 0 Å². The van der Waals surface area contributed by atoms with Gasteiger partial charge in [-0.05, 0) is 46.5 Å². The van der Waals surface area contributed by atoms with Crippen LogP contribution in [0.15, 0.2) is 0 Å². The molecule has 0 aromatic carbocycles. The van der Waals surface area contributed by atoms with Crippen LogP contribution in [-0.4, -0.2) is 60.1 Å². The maximum atomic E-state index is 12.0. The van der Waals surface area contributed by atoms with Crippen molar-refractivity contribution in [2.24, 2.45) is 11.7 Å². The van der Waals surface area contributed by atoms with Crippen molar-refractivity contribution in [3.8, 4) is 0 Å². The third-order valence-corrected chi connectivity index (χ3v) is 3.46. The fourth-order valence-electron chi connectivity index (χ4n) is 2.50. The standard InChI is InChI=1S/C15H29N3O3/c1-11(16)13(19)18-8-6-7-12(10-18)9-17(5)14(20)21-15(2,3)4/h11-12H,6-10,16H2,1-5H3/t11-,12?/m0/s1. The predicted molar refractivity (Wildman–Crippen MR) is 81.8 cm³/mol. The molecule has 1 aliphatic heterocycles. The van der Waals surface area contributed by atoms with Crippen LogP contribution in [0.3, 0.4) is 0 Å². The molecule has 2 amide bonds. The molecule has 0 spiro atoms. The van der Waals surface area contributed by atoms with E-state index in [9.17, 15) is 9.59 Å². The Kier molecular flexibility index (Phi) is 6.01. The highest BCUT2D eigenvalue weighted by molar-refractivity contribution is 5.81. The molecule has 0 radical (unpaired) electrons. The van der Waals surface area contributed by atoms with Gasteiger partial charge in [-0.15, -0.1) is 0 Å². The van der Waals surface area contributed by atoms with E-state index in [2.05, 4.69) is 0 Å². The predicted octanol–water partition coefficient (Wildman–Crippen LogP) is 1.44. The minimum Gasteiger partial charge on any atom is -0.444 e. The molecule has 0 aromatic heterocycles. The van der Waals surface area contributed by atoms with E-state index in [0.29, 0.717) is 13.1 Å². The monoisotopic (exact) mass is 299 g/mol. The van der Waals surface area contributed by atoms with Gasteiger partial charge >= 0.3 is 6.09 Å². The van der Waals surface area contributed by atoms with Gasteiger partial charge in [0.05, 0.1) is 6.04 Å². The highest BCUT2D eigenvalue weighted by Crippen LogP contribution is 2.19. The molecule has 122 valence electrons. The molecule has 21 heavy (non-hydrogen) atoms. The van der Waals surface area contributed by atoms with Crippen molar-refractivity contribution >= 4 is 12.0 Å². The lowest BCUT2D eigenvalue weighted by Gasteiger charge is -2.35. The van der Waals surface area contributed by atoms with Gasteiger partial charge in [0.1, 0.15) is 5.60 Å². The molecule has 1 heterocycles. The fourth-order valence-corrected chi connectivity index (χ4v) is 2.50. The second-order valence-corrected chi connectivity index (χ2v) is 6.94. The van der Waals surface area contributed by atoms with Crippen molar-refractivity contribution < 1.29 is 14.3 Å². The molecule has 1 saturated heterocycles. The quantitative estimate of drug-likeness (QED) is 0.855. The highest BCUT2D eigenvalue weighted by atomic mass is 16.6. The van der Waals surface area contributed by atoms with E-state index >= 15 is 0 Å². The van der Waals surface area contributed by atoms with Crippen LogP contribution in [0.1, 0.15) is 40.5 Å². The van der Waals surface area contributed by atoms with Crippen LogP contribution in [0.4, 0.5) is 4.79 Å². The summed E-state index contributed by atoms with van der Waals surface area (Å²) in [4.78, 5) is 27.3. The van der Waals surface area contributed by atoms with Gasteiger partial charge in [-0.25, -0.2) is 4.79 Å². The maximum absolute atomic E-state index is 12.0. The molecule has 6 nitrogen and oxygen atoms in total. The van der Waals surface area contributed by atoms with Crippen LogP contribution < -0.4 is 5.73 Å². The first-order valence-corrected chi connectivity index (χ1v) is 7.58. The number of rotatable bonds is 3. The number of nitrogens with zero attached hydrogens (tertiary/aromatic N) is 2. The number of amides is 2. The van der Waals surface area contributed by atoms with Crippen LogP contribution in [0, 0.1) is 5.92 Å². The normalized spacial score (nSPS) is 20.9. The lowest BCUT2D eigenvalue weighted by atomic mass is 9.97. The number of piperidine rings is 1. The van der Waals surface area contributed by atoms with E-state index in [0.717, 1.165) is 19.4 Å². The van der Waals surface area contributed by atoms with Crippen LogP contribution in [0.25, 0.3) is 0 Å². The second kappa shape index (κ2) is 7.11. The van der Waals surface area contributed by atoms with Gasteiger partial charge in [0, 0.05) is 26.7 Å². The largest absolute Gasteiger partial charge is 0.444 e. The van der Waals surface area contributed by atoms with Crippen molar-refractivity contribution in [1.29, 1.82) is 0 Å². The molecule has 2 N–H and O–H groups in total. The third-order valence-electron chi connectivity index (χ3n) is 3.46. The third kappa shape index (κ3) is 5.91. The first kappa shape index (κ1) is 17.8. The summed E-state index contributed by atoms with van der Waals surface area (Å²) in [7, 11) is 1.74. The van der Waals surface area contributed by atoms with Crippen molar-refractivity contribution in [3.63, 3.8) is 0 Å². The summed E-state index contributed by atoms with van der Waals surface area (Å²) < 4.78 is 5.34. The zero-order valence-electron chi connectivity index (χ0n) is 13.9. The highest BCUT2D eigenvalue weighted by Gasteiger charge is 2.28. The molecule has 2 atom stereocenters.